The second kappa shape index (κ2) is 6.73. The van der Waals surface area contributed by atoms with Crippen LogP contribution in [0.15, 0.2) is 24.3 Å². The first-order valence-electron chi connectivity index (χ1n) is 5.71. The van der Waals surface area contributed by atoms with E-state index in [-0.39, 0.29) is 0 Å². The lowest BCUT2D eigenvalue weighted by atomic mass is 10.2. The number of alkyl halides is 1. The Balaban J connectivity index is 2.72. The molecule has 0 aliphatic carbocycles. The fraction of sp³-hybridized carbons (Fsp3) is 0.538. The molecule has 0 heterocycles. The van der Waals surface area contributed by atoms with E-state index in [1.807, 2.05) is 0 Å². The van der Waals surface area contributed by atoms with Crippen molar-refractivity contribution in [2.75, 3.05) is 18.0 Å². The minimum Gasteiger partial charge on any atom is -0.372 e. The Hall–Kier alpha value is -0.690. The molecule has 0 saturated carbocycles. The maximum Gasteiger partial charge on any atom is 0.0474 e. The Morgan fingerprint density at radius 3 is 1.93 bits per heavy atom. The van der Waals surface area contributed by atoms with Crippen LogP contribution in [0.3, 0.4) is 0 Å². The lowest BCUT2D eigenvalue weighted by molar-refractivity contribution is 0.745. The van der Waals surface area contributed by atoms with Gasteiger partial charge in [0, 0.05) is 24.7 Å². The van der Waals surface area contributed by atoms with E-state index < -0.39 is 0 Å². The monoisotopic (exact) mass is 225 g/mol. The lowest BCUT2D eigenvalue weighted by Crippen LogP contribution is -2.24. The fourth-order valence-electron chi connectivity index (χ4n) is 1.71. The van der Waals surface area contributed by atoms with Crippen molar-refractivity contribution in [2.24, 2.45) is 0 Å². The van der Waals surface area contributed by atoms with Crippen LogP contribution in [-0.2, 0) is 5.88 Å². The molecule has 2 heteroatoms. The normalized spacial score (nSPS) is 10.3. The lowest BCUT2D eigenvalue weighted by Gasteiger charge is -2.23. The molecule has 0 spiro atoms. The first-order valence-corrected chi connectivity index (χ1v) is 6.25. The van der Waals surface area contributed by atoms with Crippen LogP contribution in [0.2, 0.25) is 0 Å². The summed E-state index contributed by atoms with van der Waals surface area (Å²) >= 11 is 5.77. The molecule has 15 heavy (non-hydrogen) atoms. The standard InChI is InChI=1S/C13H20ClN/c1-3-9-15(10-4-2)13-7-5-12(11-14)6-8-13/h5-8H,3-4,9-11H2,1-2H3. The molecule has 0 atom stereocenters. The Morgan fingerprint density at radius 1 is 1.00 bits per heavy atom. The number of hydrogen-bond acceptors (Lipinski definition) is 1. The van der Waals surface area contributed by atoms with E-state index in [2.05, 4.69) is 43.0 Å². The summed E-state index contributed by atoms with van der Waals surface area (Å²) in [5.74, 6) is 0.599. The minimum atomic E-state index is 0.599. The second-order valence-corrected chi connectivity index (χ2v) is 4.05. The van der Waals surface area contributed by atoms with Gasteiger partial charge in [0.15, 0.2) is 0 Å². The Bertz CT molecular complexity index is 262. The number of anilines is 1. The fourth-order valence-corrected chi connectivity index (χ4v) is 1.88. The van der Waals surface area contributed by atoms with Gasteiger partial charge in [-0.1, -0.05) is 26.0 Å². The Morgan fingerprint density at radius 2 is 1.53 bits per heavy atom. The van der Waals surface area contributed by atoms with Crippen molar-refractivity contribution in [1.29, 1.82) is 0 Å². The van der Waals surface area contributed by atoms with E-state index in [0.717, 1.165) is 13.1 Å². The van der Waals surface area contributed by atoms with Gasteiger partial charge in [0.1, 0.15) is 0 Å². The average molecular weight is 226 g/mol. The number of nitrogens with zero attached hydrogens (tertiary/aromatic N) is 1. The summed E-state index contributed by atoms with van der Waals surface area (Å²) in [6.07, 6.45) is 2.38. The molecule has 0 N–H and O–H groups in total. The molecule has 0 bridgehead atoms. The van der Waals surface area contributed by atoms with Crippen LogP contribution in [0.5, 0.6) is 0 Å². The van der Waals surface area contributed by atoms with E-state index in [1.165, 1.54) is 24.1 Å². The van der Waals surface area contributed by atoms with Crippen molar-refractivity contribution in [1.82, 2.24) is 0 Å². The van der Waals surface area contributed by atoms with Gasteiger partial charge in [-0.15, -0.1) is 11.6 Å². The third-order valence-corrected chi connectivity index (χ3v) is 2.75. The summed E-state index contributed by atoms with van der Waals surface area (Å²) in [5, 5.41) is 0. The topological polar surface area (TPSA) is 3.24 Å². The zero-order valence-electron chi connectivity index (χ0n) is 9.67. The van der Waals surface area contributed by atoms with Crippen molar-refractivity contribution in [3.8, 4) is 0 Å². The van der Waals surface area contributed by atoms with Gasteiger partial charge in [-0.25, -0.2) is 0 Å². The highest BCUT2D eigenvalue weighted by Crippen LogP contribution is 2.16. The molecule has 0 fully saturated rings. The molecule has 1 aromatic carbocycles. The number of halogens is 1. The summed E-state index contributed by atoms with van der Waals surface area (Å²) in [6, 6.07) is 8.56. The zero-order valence-corrected chi connectivity index (χ0v) is 10.4. The first kappa shape index (κ1) is 12.4. The molecule has 0 radical (unpaired) electrons. The third-order valence-electron chi connectivity index (χ3n) is 2.44. The van der Waals surface area contributed by atoms with Gasteiger partial charge in [-0.2, -0.15) is 0 Å². The van der Waals surface area contributed by atoms with Gasteiger partial charge >= 0.3 is 0 Å². The maximum atomic E-state index is 5.77. The molecule has 1 rings (SSSR count). The first-order chi connectivity index (χ1) is 7.31. The van der Waals surface area contributed by atoms with Gasteiger partial charge in [0.25, 0.3) is 0 Å². The molecule has 84 valence electrons. The molecule has 0 aliphatic heterocycles. The predicted molar refractivity (Wildman–Crippen MR) is 68.8 cm³/mol. The van der Waals surface area contributed by atoms with Crippen LogP contribution in [-0.4, -0.2) is 13.1 Å². The molecule has 1 aromatic rings. The SMILES string of the molecule is CCCN(CCC)c1ccc(CCl)cc1. The van der Waals surface area contributed by atoms with Crippen LogP contribution >= 0.6 is 11.6 Å². The van der Waals surface area contributed by atoms with Crippen molar-refractivity contribution in [2.45, 2.75) is 32.6 Å². The highest BCUT2D eigenvalue weighted by atomic mass is 35.5. The molecule has 0 amide bonds. The molecule has 1 nitrogen and oxygen atoms in total. The molecular formula is C13H20ClN. The van der Waals surface area contributed by atoms with Gasteiger partial charge in [0.2, 0.25) is 0 Å². The van der Waals surface area contributed by atoms with Gasteiger partial charge in [-0.05, 0) is 30.5 Å². The van der Waals surface area contributed by atoms with E-state index in [1.54, 1.807) is 0 Å². The van der Waals surface area contributed by atoms with E-state index in [4.69, 9.17) is 11.6 Å². The smallest absolute Gasteiger partial charge is 0.0474 e. The highest BCUT2D eigenvalue weighted by Gasteiger charge is 2.03. The zero-order chi connectivity index (χ0) is 11.1. The van der Waals surface area contributed by atoms with E-state index >= 15 is 0 Å². The van der Waals surface area contributed by atoms with Crippen LogP contribution in [0.25, 0.3) is 0 Å². The molecule has 0 unspecified atom stereocenters. The van der Waals surface area contributed by atoms with Crippen molar-refractivity contribution in [3.63, 3.8) is 0 Å². The highest BCUT2D eigenvalue weighted by molar-refractivity contribution is 6.17. The summed E-state index contributed by atoms with van der Waals surface area (Å²) in [7, 11) is 0. The summed E-state index contributed by atoms with van der Waals surface area (Å²) in [5.41, 5.74) is 2.50. The van der Waals surface area contributed by atoms with Gasteiger partial charge < -0.3 is 4.90 Å². The number of benzene rings is 1. The molecular weight excluding hydrogens is 206 g/mol. The van der Waals surface area contributed by atoms with Gasteiger partial charge in [0.05, 0.1) is 0 Å². The number of rotatable bonds is 6. The van der Waals surface area contributed by atoms with Crippen LogP contribution in [0, 0.1) is 0 Å². The van der Waals surface area contributed by atoms with Gasteiger partial charge in [-0.3, -0.25) is 0 Å². The molecule has 0 aromatic heterocycles. The van der Waals surface area contributed by atoms with E-state index in [0.29, 0.717) is 5.88 Å². The van der Waals surface area contributed by atoms with Crippen molar-refractivity contribution >= 4 is 17.3 Å². The Labute approximate surface area is 98.0 Å². The molecule has 0 aliphatic rings. The summed E-state index contributed by atoms with van der Waals surface area (Å²) < 4.78 is 0. The average Bonchev–Trinajstić information content (AvgIpc) is 2.29. The van der Waals surface area contributed by atoms with Crippen LogP contribution < -0.4 is 4.90 Å². The van der Waals surface area contributed by atoms with Crippen LogP contribution in [0.4, 0.5) is 5.69 Å². The van der Waals surface area contributed by atoms with Crippen LogP contribution in [0.1, 0.15) is 32.3 Å². The third kappa shape index (κ3) is 3.75. The number of hydrogen-bond donors (Lipinski definition) is 0. The predicted octanol–water partition coefficient (Wildman–Crippen LogP) is 4.05. The summed E-state index contributed by atoms with van der Waals surface area (Å²) in [6.45, 7) is 6.70. The second-order valence-electron chi connectivity index (χ2n) is 3.79. The largest absolute Gasteiger partial charge is 0.372 e. The van der Waals surface area contributed by atoms with Crippen molar-refractivity contribution < 1.29 is 0 Å². The minimum absolute atomic E-state index is 0.599. The Kier molecular flexibility index (Phi) is 5.56. The van der Waals surface area contributed by atoms with Crippen molar-refractivity contribution in [3.05, 3.63) is 29.8 Å². The summed E-state index contributed by atoms with van der Waals surface area (Å²) in [4.78, 5) is 2.43. The maximum absolute atomic E-state index is 5.77. The molecule has 0 saturated heterocycles. The quantitative estimate of drug-likeness (QED) is 0.661. The van der Waals surface area contributed by atoms with E-state index in [9.17, 15) is 0 Å².